The molecule has 0 bridgehead atoms. The number of carbonyl (C=O) groups is 2. The van der Waals surface area contributed by atoms with Crippen LogP contribution in [0.4, 0.5) is 0 Å². The normalized spacial score (nSPS) is 9.94. The molecule has 3 N–H and O–H groups in total. The standard InChI is InChI=1S/C11H23N3O2/c1-3-14(4-2)11(16)7-9-13-10(15)6-5-8-12/h3-9,12H2,1-2H3,(H,13,15). The molecule has 2 amide bonds. The van der Waals surface area contributed by atoms with E-state index in [1.807, 2.05) is 13.8 Å². The van der Waals surface area contributed by atoms with Gasteiger partial charge in [-0.3, -0.25) is 9.59 Å². The highest BCUT2D eigenvalue weighted by molar-refractivity contribution is 5.79. The number of nitrogens with two attached hydrogens (primary N) is 1. The zero-order chi connectivity index (χ0) is 12.4. The van der Waals surface area contributed by atoms with Gasteiger partial charge in [0.1, 0.15) is 0 Å². The van der Waals surface area contributed by atoms with Gasteiger partial charge in [-0.1, -0.05) is 0 Å². The van der Waals surface area contributed by atoms with Gasteiger partial charge in [-0.25, -0.2) is 0 Å². The second-order valence-electron chi connectivity index (χ2n) is 3.56. The van der Waals surface area contributed by atoms with Gasteiger partial charge in [-0.2, -0.15) is 0 Å². The van der Waals surface area contributed by atoms with Crippen molar-refractivity contribution in [3.05, 3.63) is 0 Å². The summed E-state index contributed by atoms with van der Waals surface area (Å²) in [5, 5.41) is 2.71. The lowest BCUT2D eigenvalue weighted by Gasteiger charge is -2.18. The molecule has 0 atom stereocenters. The van der Waals surface area contributed by atoms with Gasteiger partial charge in [-0.15, -0.1) is 0 Å². The van der Waals surface area contributed by atoms with Gasteiger partial charge in [0.05, 0.1) is 0 Å². The van der Waals surface area contributed by atoms with Crippen molar-refractivity contribution in [1.29, 1.82) is 0 Å². The lowest BCUT2D eigenvalue weighted by Crippen LogP contribution is -2.34. The van der Waals surface area contributed by atoms with Gasteiger partial charge in [-0.05, 0) is 26.8 Å². The van der Waals surface area contributed by atoms with Crippen LogP contribution in [0.25, 0.3) is 0 Å². The first-order valence-corrected chi connectivity index (χ1v) is 5.90. The molecule has 5 nitrogen and oxygen atoms in total. The maximum absolute atomic E-state index is 11.6. The van der Waals surface area contributed by atoms with Crippen LogP contribution in [0.15, 0.2) is 0 Å². The zero-order valence-corrected chi connectivity index (χ0v) is 10.3. The van der Waals surface area contributed by atoms with Crippen LogP contribution in [0, 0.1) is 0 Å². The summed E-state index contributed by atoms with van der Waals surface area (Å²) in [6.45, 7) is 6.26. The van der Waals surface area contributed by atoms with Gasteiger partial charge >= 0.3 is 0 Å². The van der Waals surface area contributed by atoms with Crippen LogP contribution >= 0.6 is 0 Å². The number of amides is 2. The van der Waals surface area contributed by atoms with E-state index in [1.54, 1.807) is 4.90 Å². The Bertz CT molecular complexity index is 215. The molecule has 0 aromatic carbocycles. The van der Waals surface area contributed by atoms with E-state index in [-0.39, 0.29) is 11.8 Å². The third-order valence-electron chi connectivity index (χ3n) is 2.39. The third kappa shape index (κ3) is 6.40. The smallest absolute Gasteiger partial charge is 0.224 e. The Balaban J connectivity index is 3.64. The summed E-state index contributed by atoms with van der Waals surface area (Å²) in [5.41, 5.74) is 5.29. The maximum Gasteiger partial charge on any atom is 0.224 e. The van der Waals surface area contributed by atoms with Gasteiger partial charge in [0, 0.05) is 32.5 Å². The predicted octanol–water partition coefficient (Wildman–Crippen LogP) is 0.100. The van der Waals surface area contributed by atoms with Crippen LogP contribution in [0.1, 0.15) is 33.1 Å². The second kappa shape index (κ2) is 9.15. The van der Waals surface area contributed by atoms with Crippen molar-refractivity contribution >= 4 is 11.8 Å². The monoisotopic (exact) mass is 229 g/mol. The highest BCUT2D eigenvalue weighted by Gasteiger charge is 2.09. The molecule has 0 aromatic heterocycles. The average Bonchev–Trinajstić information content (AvgIpc) is 2.28. The molecule has 0 rings (SSSR count). The molecule has 0 saturated heterocycles. The molecule has 0 fully saturated rings. The van der Waals surface area contributed by atoms with E-state index in [1.165, 1.54) is 0 Å². The minimum atomic E-state index is -0.0298. The van der Waals surface area contributed by atoms with Crippen LogP contribution in [-0.2, 0) is 9.59 Å². The lowest BCUT2D eigenvalue weighted by molar-refractivity contribution is -0.130. The van der Waals surface area contributed by atoms with Gasteiger partial charge < -0.3 is 16.0 Å². The van der Waals surface area contributed by atoms with Crippen molar-refractivity contribution in [2.24, 2.45) is 5.73 Å². The summed E-state index contributed by atoms with van der Waals surface area (Å²) >= 11 is 0. The van der Waals surface area contributed by atoms with Crippen molar-refractivity contribution in [3.63, 3.8) is 0 Å². The summed E-state index contributed by atoms with van der Waals surface area (Å²) in [7, 11) is 0. The quantitative estimate of drug-likeness (QED) is 0.620. The van der Waals surface area contributed by atoms with Crippen molar-refractivity contribution in [1.82, 2.24) is 10.2 Å². The molecule has 94 valence electrons. The number of nitrogens with zero attached hydrogens (tertiary/aromatic N) is 1. The first-order valence-electron chi connectivity index (χ1n) is 5.90. The van der Waals surface area contributed by atoms with Gasteiger partial charge in [0.25, 0.3) is 0 Å². The molecule has 0 heterocycles. The molecule has 0 spiro atoms. The predicted molar refractivity (Wildman–Crippen MR) is 63.8 cm³/mol. The lowest BCUT2D eigenvalue weighted by atomic mass is 10.3. The largest absolute Gasteiger partial charge is 0.356 e. The summed E-state index contributed by atoms with van der Waals surface area (Å²) in [4.78, 5) is 24.5. The van der Waals surface area contributed by atoms with Crippen molar-refractivity contribution in [2.75, 3.05) is 26.2 Å². The Morgan fingerprint density at radius 3 is 2.31 bits per heavy atom. The fourth-order valence-electron chi connectivity index (χ4n) is 1.39. The van der Waals surface area contributed by atoms with E-state index in [2.05, 4.69) is 5.32 Å². The number of hydrogen-bond donors (Lipinski definition) is 2. The highest BCUT2D eigenvalue weighted by atomic mass is 16.2. The fourth-order valence-corrected chi connectivity index (χ4v) is 1.39. The van der Waals surface area contributed by atoms with E-state index < -0.39 is 0 Å². The highest BCUT2D eigenvalue weighted by Crippen LogP contribution is 1.93. The van der Waals surface area contributed by atoms with Gasteiger partial charge in [0.2, 0.25) is 11.8 Å². The van der Waals surface area contributed by atoms with E-state index in [9.17, 15) is 9.59 Å². The molecular formula is C11H23N3O2. The van der Waals surface area contributed by atoms with E-state index in [4.69, 9.17) is 5.73 Å². The molecule has 16 heavy (non-hydrogen) atoms. The number of hydrogen-bond acceptors (Lipinski definition) is 3. The molecule has 0 radical (unpaired) electrons. The number of nitrogens with one attached hydrogen (secondary N) is 1. The van der Waals surface area contributed by atoms with Crippen molar-refractivity contribution < 1.29 is 9.59 Å². The minimum absolute atomic E-state index is 0.0298. The molecule has 0 aromatic rings. The summed E-state index contributed by atoms with van der Waals surface area (Å²) in [6, 6.07) is 0. The summed E-state index contributed by atoms with van der Waals surface area (Å²) < 4.78 is 0. The first kappa shape index (κ1) is 14.9. The van der Waals surface area contributed by atoms with Crippen LogP contribution in [0.5, 0.6) is 0 Å². The van der Waals surface area contributed by atoms with Crippen LogP contribution in [-0.4, -0.2) is 42.9 Å². The Kier molecular flexibility index (Phi) is 8.52. The Morgan fingerprint density at radius 1 is 1.19 bits per heavy atom. The Morgan fingerprint density at radius 2 is 1.81 bits per heavy atom. The molecule has 5 heteroatoms. The molecule has 0 aliphatic heterocycles. The van der Waals surface area contributed by atoms with E-state index >= 15 is 0 Å². The SMILES string of the molecule is CCN(CC)C(=O)CCNC(=O)CCCN. The molecule has 0 aliphatic rings. The van der Waals surface area contributed by atoms with Gasteiger partial charge in [0.15, 0.2) is 0 Å². The molecule has 0 saturated carbocycles. The maximum atomic E-state index is 11.6. The topological polar surface area (TPSA) is 75.4 Å². The average molecular weight is 229 g/mol. The number of carbonyl (C=O) groups excluding carboxylic acids is 2. The second-order valence-corrected chi connectivity index (χ2v) is 3.56. The summed E-state index contributed by atoms with van der Waals surface area (Å²) in [5.74, 6) is 0.0573. The number of rotatable bonds is 8. The first-order chi connectivity index (χ1) is 7.65. The summed E-state index contributed by atoms with van der Waals surface area (Å²) in [6.07, 6.45) is 1.50. The molecular weight excluding hydrogens is 206 g/mol. The fraction of sp³-hybridized carbons (Fsp3) is 0.818. The Labute approximate surface area is 97.4 Å². The Hall–Kier alpha value is -1.10. The zero-order valence-electron chi connectivity index (χ0n) is 10.3. The van der Waals surface area contributed by atoms with Crippen molar-refractivity contribution in [2.45, 2.75) is 33.1 Å². The van der Waals surface area contributed by atoms with Crippen LogP contribution in [0.3, 0.4) is 0 Å². The van der Waals surface area contributed by atoms with Crippen molar-refractivity contribution in [3.8, 4) is 0 Å². The molecule has 0 unspecified atom stereocenters. The van der Waals surface area contributed by atoms with Crippen LogP contribution < -0.4 is 11.1 Å². The van der Waals surface area contributed by atoms with E-state index in [0.29, 0.717) is 32.4 Å². The minimum Gasteiger partial charge on any atom is -0.356 e. The third-order valence-corrected chi connectivity index (χ3v) is 2.39. The molecule has 0 aliphatic carbocycles. The van der Waals surface area contributed by atoms with E-state index in [0.717, 1.165) is 13.1 Å². The van der Waals surface area contributed by atoms with Crippen LogP contribution in [0.2, 0.25) is 0 Å².